The van der Waals surface area contributed by atoms with Gasteiger partial charge in [0.05, 0.1) is 13.7 Å². The topological polar surface area (TPSA) is 26.2 Å². The molecule has 0 aliphatic carbocycles. The number of ether oxygens (including phenoxy) is 1. The van der Waals surface area contributed by atoms with E-state index in [1.54, 1.807) is 7.11 Å². The molecule has 20 heavy (non-hydrogen) atoms. The summed E-state index contributed by atoms with van der Waals surface area (Å²) in [5.41, 5.74) is 2.36. The van der Waals surface area contributed by atoms with Crippen molar-refractivity contribution in [3.8, 4) is 5.75 Å². The molecule has 0 saturated carbocycles. The summed E-state index contributed by atoms with van der Waals surface area (Å²) >= 11 is 6.08. The van der Waals surface area contributed by atoms with Crippen LogP contribution in [0.2, 0.25) is 5.02 Å². The molecule has 3 nitrogen and oxygen atoms in total. The maximum Gasteiger partial charge on any atom is 0.123 e. The van der Waals surface area contributed by atoms with E-state index in [0.717, 1.165) is 42.4 Å². The largest absolute Gasteiger partial charge is 0.496 e. The molecule has 0 fully saturated rings. The quantitative estimate of drug-likeness (QED) is 0.788. The summed E-state index contributed by atoms with van der Waals surface area (Å²) in [5, 5.41) is 4.16. The molecule has 1 heterocycles. The zero-order valence-electron chi connectivity index (χ0n) is 12.0. The number of nitrogens with zero attached hydrogens (tertiary/aromatic N) is 1. The van der Waals surface area contributed by atoms with Gasteiger partial charge in [0.2, 0.25) is 0 Å². The Bertz CT molecular complexity index is 551. The molecule has 0 aliphatic rings. The van der Waals surface area contributed by atoms with Gasteiger partial charge in [-0.2, -0.15) is 0 Å². The molecule has 0 aliphatic heterocycles. The monoisotopic (exact) mass is 292 g/mol. The van der Waals surface area contributed by atoms with Crippen molar-refractivity contribution in [2.75, 3.05) is 13.7 Å². The fraction of sp³-hybridized carbons (Fsp3) is 0.375. The molecule has 4 heteroatoms. The van der Waals surface area contributed by atoms with Gasteiger partial charge < -0.3 is 14.6 Å². The van der Waals surface area contributed by atoms with Crippen LogP contribution in [0.15, 0.2) is 36.5 Å². The number of hydrogen-bond donors (Lipinski definition) is 1. The molecule has 0 amide bonds. The van der Waals surface area contributed by atoms with E-state index < -0.39 is 0 Å². The Labute approximate surface area is 125 Å². The third kappa shape index (κ3) is 3.78. The Hall–Kier alpha value is -1.45. The summed E-state index contributed by atoms with van der Waals surface area (Å²) < 4.78 is 7.62. The predicted molar refractivity (Wildman–Crippen MR) is 83.5 cm³/mol. The van der Waals surface area contributed by atoms with Crippen molar-refractivity contribution in [2.24, 2.45) is 0 Å². The zero-order chi connectivity index (χ0) is 14.4. The van der Waals surface area contributed by atoms with Gasteiger partial charge in [-0.05, 0) is 43.3 Å². The fourth-order valence-corrected chi connectivity index (χ4v) is 2.41. The van der Waals surface area contributed by atoms with E-state index in [2.05, 4.69) is 35.1 Å². The minimum absolute atomic E-state index is 0.735. The Morgan fingerprint density at radius 1 is 1.30 bits per heavy atom. The number of benzene rings is 1. The van der Waals surface area contributed by atoms with E-state index in [0.29, 0.717) is 0 Å². The zero-order valence-corrected chi connectivity index (χ0v) is 12.8. The number of methoxy groups -OCH3 is 1. The fourth-order valence-electron chi connectivity index (χ4n) is 2.21. The SMILES string of the molecule is CCCNCc1cccn1Cc1cc(Cl)ccc1OC. The summed E-state index contributed by atoms with van der Waals surface area (Å²) in [4.78, 5) is 0. The van der Waals surface area contributed by atoms with Gasteiger partial charge in [0, 0.05) is 29.0 Å². The molecule has 2 aromatic rings. The molecule has 108 valence electrons. The summed E-state index contributed by atoms with van der Waals surface area (Å²) in [7, 11) is 1.69. The first-order valence-electron chi connectivity index (χ1n) is 6.91. The van der Waals surface area contributed by atoms with Gasteiger partial charge in [-0.25, -0.2) is 0 Å². The van der Waals surface area contributed by atoms with E-state index in [9.17, 15) is 0 Å². The summed E-state index contributed by atoms with van der Waals surface area (Å²) in [5.74, 6) is 0.871. The lowest BCUT2D eigenvalue weighted by atomic mass is 10.2. The third-order valence-corrected chi connectivity index (χ3v) is 3.47. The van der Waals surface area contributed by atoms with Crippen molar-refractivity contribution in [1.82, 2.24) is 9.88 Å². The molecule has 0 radical (unpaired) electrons. The molecule has 0 saturated heterocycles. The van der Waals surface area contributed by atoms with Gasteiger partial charge in [-0.1, -0.05) is 18.5 Å². The number of halogens is 1. The van der Waals surface area contributed by atoms with Crippen LogP contribution in [0.3, 0.4) is 0 Å². The molecule has 1 aromatic carbocycles. The maximum atomic E-state index is 6.08. The van der Waals surface area contributed by atoms with E-state index in [-0.39, 0.29) is 0 Å². The Kier molecular flexibility index (Phi) is 5.50. The van der Waals surface area contributed by atoms with Crippen molar-refractivity contribution >= 4 is 11.6 Å². The summed E-state index contributed by atoms with van der Waals surface area (Å²) in [6.07, 6.45) is 3.23. The van der Waals surface area contributed by atoms with Crippen LogP contribution in [0, 0.1) is 0 Å². The Balaban J connectivity index is 2.14. The summed E-state index contributed by atoms with van der Waals surface area (Å²) in [6, 6.07) is 9.93. The standard InChI is InChI=1S/C16H21ClN2O/c1-3-8-18-11-15-5-4-9-19(15)12-13-10-14(17)6-7-16(13)20-2/h4-7,9-10,18H,3,8,11-12H2,1-2H3. The highest BCUT2D eigenvalue weighted by atomic mass is 35.5. The molecule has 1 N–H and O–H groups in total. The van der Waals surface area contributed by atoms with Crippen LogP contribution in [-0.4, -0.2) is 18.2 Å². The highest BCUT2D eigenvalue weighted by Gasteiger charge is 2.07. The minimum Gasteiger partial charge on any atom is -0.496 e. The highest BCUT2D eigenvalue weighted by Crippen LogP contribution is 2.24. The van der Waals surface area contributed by atoms with Gasteiger partial charge >= 0.3 is 0 Å². The van der Waals surface area contributed by atoms with Crippen LogP contribution in [0.4, 0.5) is 0 Å². The number of nitrogens with one attached hydrogen (secondary N) is 1. The summed E-state index contributed by atoms with van der Waals surface area (Å²) in [6.45, 7) is 4.85. The lowest BCUT2D eigenvalue weighted by Crippen LogP contribution is -2.17. The number of aromatic nitrogens is 1. The van der Waals surface area contributed by atoms with Crippen LogP contribution in [0.5, 0.6) is 5.75 Å². The molecule has 0 bridgehead atoms. The van der Waals surface area contributed by atoms with E-state index in [1.165, 1.54) is 5.69 Å². The Morgan fingerprint density at radius 2 is 2.15 bits per heavy atom. The van der Waals surface area contributed by atoms with E-state index in [1.807, 2.05) is 18.2 Å². The third-order valence-electron chi connectivity index (χ3n) is 3.24. The first kappa shape index (κ1) is 14.9. The highest BCUT2D eigenvalue weighted by molar-refractivity contribution is 6.30. The van der Waals surface area contributed by atoms with Crippen LogP contribution >= 0.6 is 11.6 Å². The van der Waals surface area contributed by atoms with E-state index in [4.69, 9.17) is 16.3 Å². The van der Waals surface area contributed by atoms with Crippen molar-refractivity contribution in [2.45, 2.75) is 26.4 Å². The molecule has 0 spiro atoms. The average Bonchev–Trinajstić information content (AvgIpc) is 2.87. The van der Waals surface area contributed by atoms with Crippen molar-refractivity contribution in [3.05, 3.63) is 52.8 Å². The molecular weight excluding hydrogens is 272 g/mol. The van der Waals surface area contributed by atoms with Gasteiger partial charge in [-0.3, -0.25) is 0 Å². The van der Waals surface area contributed by atoms with Crippen LogP contribution < -0.4 is 10.1 Å². The molecular formula is C16H21ClN2O. The lowest BCUT2D eigenvalue weighted by Gasteiger charge is -2.13. The first-order valence-corrected chi connectivity index (χ1v) is 7.29. The molecule has 1 aromatic heterocycles. The van der Waals surface area contributed by atoms with Crippen LogP contribution in [0.1, 0.15) is 24.6 Å². The van der Waals surface area contributed by atoms with Gasteiger partial charge in [0.1, 0.15) is 5.75 Å². The Morgan fingerprint density at radius 3 is 2.90 bits per heavy atom. The van der Waals surface area contributed by atoms with Crippen molar-refractivity contribution in [1.29, 1.82) is 0 Å². The predicted octanol–water partition coefficient (Wildman–Crippen LogP) is 3.70. The second-order valence-electron chi connectivity index (χ2n) is 4.76. The van der Waals surface area contributed by atoms with Crippen LogP contribution in [0.25, 0.3) is 0 Å². The molecule has 0 atom stereocenters. The lowest BCUT2D eigenvalue weighted by molar-refractivity contribution is 0.408. The van der Waals surface area contributed by atoms with E-state index >= 15 is 0 Å². The molecule has 0 unspecified atom stereocenters. The van der Waals surface area contributed by atoms with Crippen molar-refractivity contribution < 1.29 is 4.74 Å². The second kappa shape index (κ2) is 7.36. The van der Waals surface area contributed by atoms with Gasteiger partial charge in [0.25, 0.3) is 0 Å². The maximum absolute atomic E-state index is 6.08. The minimum atomic E-state index is 0.735. The smallest absolute Gasteiger partial charge is 0.123 e. The number of rotatable bonds is 7. The van der Waals surface area contributed by atoms with Crippen LogP contribution in [-0.2, 0) is 13.1 Å². The average molecular weight is 293 g/mol. The molecule has 2 rings (SSSR count). The van der Waals surface area contributed by atoms with Gasteiger partial charge in [0.15, 0.2) is 0 Å². The van der Waals surface area contributed by atoms with Gasteiger partial charge in [-0.15, -0.1) is 0 Å². The first-order chi connectivity index (χ1) is 9.74. The number of hydrogen-bond acceptors (Lipinski definition) is 2. The second-order valence-corrected chi connectivity index (χ2v) is 5.20. The normalized spacial score (nSPS) is 10.8. The van der Waals surface area contributed by atoms with Crippen molar-refractivity contribution in [3.63, 3.8) is 0 Å².